The van der Waals surface area contributed by atoms with Gasteiger partial charge in [-0.15, -0.1) is 0 Å². The van der Waals surface area contributed by atoms with Gasteiger partial charge < -0.3 is 14.9 Å². The number of nitrogens with one attached hydrogen (secondary N) is 1. The van der Waals surface area contributed by atoms with Crippen LogP contribution in [0.5, 0.6) is 5.75 Å². The maximum absolute atomic E-state index is 11.6. The molecular weight excluding hydrogens is 316 g/mol. The van der Waals surface area contributed by atoms with Crippen molar-refractivity contribution in [2.45, 2.75) is 44.6 Å². The van der Waals surface area contributed by atoms with Crippen molar-refractivity contribution in [1.29, 1.82) is 0 Å². The number of aliphatic hydroxyl groups excluding tert-OH is 1. The topological polar surface area (TPSA) is 116 Å². The van der Waals surface area contributed by atoms with Gasteiger partial charge in [-0.2, -0.15) is 0 Å². The van der Waals surface area contributed by atoms with E-state index in [-0.39, 0.29) is 18.2 Å². The molecule has 1 heterocycles. The molecule has 0 bridgehead atoms. The third-order valence-corrected chi connectivity index (χ3v) is 4.24. The van der Waals surface area contributed by atoms with Crippen LogP contribution in [0.2, 0.25) is 0 Å². The number of amides is 3. The first-order valence-electron chi connectivity index (χ1n) is 7.78. The zero-order chi connectivity index (χ0) is 17.3. The first kappa shape index (κ1) is 16.3. The predicted octanol–water partition coefficient (Wildman–Crippen LogP) is 1.08. The maximum atomic E-state index is 11.6. The lowest BCUT2D eigenvalue weighted by Gasteiger charge is -2.19. The van der Waals surface area contributed by atoms with E-state index >= 15 is 0 Å². The Morgan fingerprint density at radius 2 is 2.00 bits per heavy atom. The van der Waals surface area contributed by atoms with Gasteiger partial charge in [-0.3, -0.25) is 15.0 Å². The molecule has 8 heteroatoms. The highest BCUT2D eigenvalue weighted by molar-refractivity contribution is 6.03. The van der Waals surface area contributed by atoms with Crippen molar-refractivity contribution in [3.63, 3.8) is 0 Å². The minimum absolute atomic E-state index is 0.000165. The van der Waals surface area contributed by atoms with Gasteiger partial charge in [0.25, 0.3) is 5.91 Å². The van der Waals surface area contributed by atoms with E-state index < -0.39 is 24.1 Å². The fourth-order valence-corrected chi connectivity index (χ4v) is 2.98. The zero-order valence-electron chi connectivity index (χ0n) is 12.9. The molecule has 1 saturated carbocycles. The van der Waals surface area contributed by atoms with Gasteiger partial charge >= 0.3 is 12.0 Å². The number of nitrogens with zero attached hydrogens (tertiary/aromatic N) is 1. The Labute approximate surface area is 138 Å². The predicted molar refractivity (Wildman–Crippen MR) is 81.4 cm³/mol. The standard InChI is InChI=1S/C16H18N2O6/c19-13-14(20)18(16(23)17-13)8-9-5-6-12(11(7-9)15(21)22)24-10-3-1-2-4-10/h5-7,10,14,20H,1-4,8H2,(H,21,22)(H,17,19,23). The molecule has 1 aliphatic heterocycles. The first-order valence-corrected chi connectivity index (χ1v) is 7.78. The molecular formula is C16H18N2O6. The molecule has 1 aromatic carbocycles. The third kappa shape index (κ3) is 3.18. The van der Waals surface area contributed by atoms with Crippen molar-refractivity contribution in [3.8, 4) is 5.75 Å². The number of carboxylic acids is 1. The molecule has 2 fully saturated rings. The summed E-state index contributed by atoms with van der Waals surface area (Å²) in [6.07, 6.45) is 2.41. The average Bonchev–Trinajstić information content (AvgIpc) is 3.12. The van der Waals surface area contributed by atoms with Crippen molar-refractivity contribution in [1.82, 2.24) is 10.2 Å². The van der Waals surface area contributed by atoms with Crippen molar-refractivity contribution < 1.29 is 29.3 Å². The second kappa shape index (κ2) is 6.48. The number of carboxylic acid groups (broad SMARTS) is 1. The lowest BCUT2D eigenvalue weighted by atomic mass is 10.1. The monoisotopic (exact) mass is 334 g/mol. The number of hydrogen-bond donors (Lipinski definition) is 3. The smallest absolute Gasteiger partial charge is 0.339 e. The molecule has 2 aliphatic rings. The molecule has 0 spiro atoms. The first-order chi connectivity index (χ1) is 11.5. The van der Waals surface area contributed by atoms with Crippen LogP contribution in [-0.2, 0) is 11.3 Å². The Morgan fingerprint density at radius 3 is 2.58 bits per heavy atom. The van der Waals surface area contributed by atoms with E-state index in [0.29, 0.717) is 11.3 Å². The zero-order valence-corrected chi connectivity index (χ0v) is 12.9. The molecule has 128 valence electrons. The normalized spacial score (nSPS) is 21.2. The van der Waals surface area contributed by atoms with Gasteiger partial charge in [0, 0.05) is 0 Å². The largest absolute Gasteiger partial charge is 0.490 e. The van der Waals surface area contributed by atoms with E-state index in [2.05, 4.69) is 0 Å². The summed E-state index contributed by atoms with van der Waals surface area (Å²) in [6.45, 7) is -0.0806. The van der Waals surface area contributed by atoms with Crippen LogP contribution >= 0.6 is 0 Å². The van der Waals surface area contributed by atoms with E-state index in [1.54, 1.807) is 12.1 Å². The second-order valence-electron chi connectivity index (χ2n) is 5.96. The van der Waals surface area contributed by atoms with Gasteiger partial charge in [-0.25, -0.2) is 9.59 Å². The van der Waals surface area contributed by atoms with Gasteiger partial charge in [0.1, 0.15) is 11.3 Å². The van der Waals surface area contributed by atoms with Gasteiger partial charge in [-0.05, 0) is 43.4 Å². The summed E-state index contributed by atoms with van der Waals surface area (Å²) in [7, 11) is 0. The third-order valence-electron chi connectivity index (χ3n) is 4.24. The van der Waals surface area contributed by atoms with E-state index in [1.807, 2.05) is 5.32 Å². The second-order valence-corrected chi connectivity index (χ2v) is 5.96. The average molecular weight is 334 g/mol. The number of aromatic carboxylic acids is 1. The van der Waals surface area contributed by atoms with Crippen molar-refractivity contribution in [3.05, 3.63) is 29.3 Å². The van der Waals surface area contributed by atoms with Crippen LogP contribution in [0, 0.1) is 0 Å². The quantitative estimate of drug-likeness (QED) is 0.694. The Balaban J connectivity index is 1.79. The van der Waals surface area contributed by atoms with Crippen LogP contribution in [0.1, 0.15) is 41.6 Å². The van der Waals surface area contributed by atoms with Crippen LogP contribution in [0.4, 0.5) is 4.79 Å². The van der Waals surface area contributed by atoms with Gasteiger partial charge in [0.05, 0.1) is 12.6 Å². The number of hydrogen-bond acceptors (Lipinski definition) is 5. The summed E-state index contributed by atoms with van der Waals surface area (Å²) in [5.41, 5.74) is 0.481. The van der Waals surface area contributed by atoms with Crippen LogP contribution < -0.4 is 10.1 Å². The lowest BCUT2D eigenvalue weighted by Crippen LogP contribution is -2.34. The minimum atomic E-state index is -1.57. The minimum Gasteiger partial charge on any atom is -0.490 e. The summed E-state index contributed by atoms with van der Waals surface area (Å²) < 4.78 is 5.77. The van der Waals surface area contributed by atoms with Gasteiger partial charge in [-0.1, -0.05) is 6.07 Å². The number of ether oxygens (including phenoxy) is 1. The number of carbonyl (C=O) groups excluding carboxylic acids is 2. The van der Waals surface area contributed by atoms with Crippen LogP contribution in [-0.4, -0.2) is 45.4 Å². The van der Waals surface area contributed by atoms with Crippen molar-refractivity contribution >= 4 is 17.9 Å². The number of rotatable bonds is 5. The molecule has 3 N–H and O–H groups in total. The van der Waals surface area contributed by atoms with Crippen LogP contribution in [0.3, 0.4) is 0 Å². The molecule has 1 atom stereocenters. The van der Waals surface area contributed by atoms with Gasteiger partial charge in [0.15, 0.2) is 0 Å². The molecule has 3 rings (SSSR count). The molecule has 0 aromatic heterocycles. The lowest BCUT2D eigenvalue weighted by molar-refractivity contribution is -0.130. The molecule has 24 heavy (non-hydrogen) atoms. The Hall–Kier alpha value is -2.61. The highest BCUT2D eigenvalue weighted by Gasteiger charge is 2.36. The Bertz CT molecular complexity index is 683. The molecule has 3 amide bonds. The fraction of sp³-hybridized carbons (Fsp3) is 0.438. The summed E-state index contributed by atoms with van der Waals surface area (Å²) in [5.74, 6) is -1.63. The van der Waals surface area contributed by atoms with E-state index in [4.69, 9.17) is 4.74 Å². The maximum Gasteiger partial charge on any atom is 0.339 e. The van der Waals surface area contributed by atoms with Crippen LogP contribution in [0.15, 0.2) is 18.2 Å². The SMILES string of the molecule is O=C(O)c1cc(CN2C(=O)NC(=O)C2O)ccc1OC1CCCC1. The number of aliphatic hydroxyl groups is 1. The highest BCUT2D eigenvalue weighted by Crippen LogP contribution is 2.28. The molecule has 1 saturated heterocycles. The van der Waals surface area contributed by atoms with E-state index in [9.17, 15) is 24.6 Å². The number of urea groups is 1. The number of benzene rings is 1. The summed E-state index contributed by atoms with van der Waals surface area (Å²) >= 11 is 0. The summed E-state index contributed by atoms with van der Waals surface area (Å²) in [4.78, 5) is 35.3. The molecule has 8 nitrogen and oxygen atoms in total. The molecule has 1 unspecified atom stereocenters. The van der Waals surface area contributed by atoms with E-state index in [1.165, 1.54) is 6.07 Å². The molecule has 1 aliphatic carbocycles. The number of carbonyl (C=O) groups is 3. The van der Waals surface area contributed by atoms with E-state index in [0.717, 1.165) is 30.6 Å². The molecule has 1 aromatic rings. The Morgan fingerprint density at radius 1 is 1.29 bits per heavy atom. The number of imide groups is 1. The highest BCUT2D eigenvalue weighted by atomic mass is 16.5. The Kier molecular flexibility index (Phi) is 4.39. The van der Waals surface area contributed by atoms with Gasteiger partial charge in [0.2, 0.25) is 6.23 Å². The summed E-state index contributed by atoms with van der Waals surface area (Å²) in [6, 6.07) is 3.87. The van der Waals surface area contributed by atoms with Crippen LogP contribution in [0.25, 0.3) is 0 Å². The fourth-order valence-electron chi connectivity index (χ4n) is 2.98. The van der Waals surface area contributed by atoms with Crippen molar-refractivity contribution in [2.24, 2.45) is 0 Å². The molecule has 0 radical (unpaired) electrons. The van der Waals surface area contributed by atoms with Crippen molar-refractivity contribution in [2.75, 3.05) is 0 Å². The summed E-state index contributed by atoms with van der Waals surface area (Å²) in [5, 5.41) is 21.0.